The van der Waals surface area contributed by atoms with E-state index in [2.05, 4.69) is 9.46 Å². The summed E-state index contributed by atoms with van der Waals surface area (Å²) in [7, 11) is -3.74. The first-order valence-electron chi connectivity index (χ1n) is 6.62. The fourth-order valence-corrected chi connectivity index (χ4v) is 3.43. The zero-order valence-corrected chi connectivity index (χ0v) is 12.3. The summed E-state index contributed by atoms with van der Waals surface area (Å²) in [5.74, 6) is -1.10. The van der Waals surface area contributed by atoms with Gasteiger partial charge in [-0.15, -0.1) is 0 Å². The van der Waals surface area contributed by atoms with Gasteiger partial charge in [0.05, 0.1) is 12.2 Å². The molecule has 112 valence electrons. The smallest absolute Gasteiger partial charge is 0.322 e. The average molecular weight is 293 g/mol. The fourth-order valence-electron chi connectivity index (χ4n) is 2.45. The minimum atomic E-state index is -3.74. The van der Waals surface area contributed by atoms with Crippen LogP contribution in [0.15, 0.2) is 0 Å². The lowest BCUT2D eigenvalue weighted by atomic mass is 9.79. The molecule has 0 bridgehead atoms. The summed E-state index contributed by atoms with van der Waals surface area (Å²) in [5.41, 5.74) is -1.00. The van der Waals surface area contributed by atoms with E-state index < -0.39 is 27.3 Å². The Morgan fingerprint density at radius 3 is 2.79 bits per heavy atom. The Morgan fingerprint density at radius 2 is 2.21 bits per heavy atom. The van der Waals surface area contributed by atoms with Gasteiger partial charge >= 0.3 is 5.97 Å². The van der Waals surface area contributed by atoms with Crippen molar-refractivity contribution in [3.05, 3.63) is 0 Å². The quantitative estimate of drug-likeness (QED) is 0.692. The van der Waals surface area contributed by atoms with Crippen LogP contribution in [0.1, 0.15) is 39.5 Å². The Hall–Kier alpha value is -0.660. The summed E-state index contributed by atoms with van der Waals surface area (Å²) in [4.78, 5) is 11.1. The average Bonchev–Trinajstić information content (AvgIpc) is 2.26. The first kappa shape index (κ1) is 16.4. The summed E-state index contributed by atoms with van der Waals surface area (Å²) < 4.78 is 30.2. The largest absolute Gasteiger partial charge is 0.465 e. The van der Waals surface area contributed by atoms with Crippen LogP contribution in [0.25, 0.3) is 0 Å². The monoisotopic (exact) mass is 293 g/mol. The highest BCUT2D eigenvalue weighted by atomic mass is 32.2. The van der Waals surface area contributed by atoms with Gasteiger partial charge in [0, 0.05) is 6.54 Å². The lowest BCUT2D eigenvalue weighted by molar-refractivity contribution is -0.140. The summed E-state index contributed by atoms with van der Waals surface area (Å²) in [5, 5.41) is 10.3. The Balaban J connectivity index is 2.48. The Morgan fingerprint density at radius 1 is 1.53 bits per heavy atom. The van der Waals surface area contributed by atoms with Gasteiger partial charge in [0.25, 0.3) is 0 Å². The highest BCUT2D eigenvalue weighted by Gasteiger charge is 2.34. The summed E-state index contributed by atoms with van der Waals surface area (Å²) in [6.07, 6.45) is 3.10. The predicted octanol–water partition coefficient (Wildman–Crippen LogP) is 0.410. The molecule has 2 N–H and O–H groups in total. The highest BCUT2D eigenvalue weighted by Crippen LogP contribution is 2.31. The van der Waals surface area contributed by atoms with Crippen molar-refractivity contribution in [3.8, 4) is 0 Å². The Kier molecular flexibility index (Phi) is 5.76. The molecule has 0 aromatic carbocycles. The summed E-state index contributed by atoms with van der Waals surface area (Å²) >= 11 is 0. The third-order valence-corrected chi connectivity index (χ3v) is 4.50. The first-order valence-corrected chi connectivity index (χ1v) is 8.27. The molecule has 2 atom stereocenters. The molecule has 1 saturated carbocycles. The number of carbonyl (C=O) groups is 1. The third kappa shape index (κ3) is 5.88. The van der Waals surface area contributed by atoms with E-state index in [0.717, 1.165) is 12.8 Å². The second-order valence-electron chi connectivity index (χ2n) is 5.31. The lowest BCUT2D eigenvalue weighted by Gasteiger charge is -2.35. The number of hydrogen-bond donors (Lipinski definition) is 2. The summed E-state index contributed by atoms with van der Waals surface area (Å²) in [6.45, 7) is 3.76. The van der Waals surface area contributed by atoms with E-state index in [1.54, 1.807) is 6.92 Å². The number of nitrogens with one attached hydrogen (secondary N) is 1. The fraction of sp³-hybridized carbons (Fsp3) is 0.917. The third-order valence-electron chi connectivity index (χ3n) is 3.30. The molecule has 2 unspecified atom stereocenters. The molecule has 0 aromatic heterocycles. The van der Waals surface area contributed by atoms with Gasteiger partial charge in [-0.25, -0.2) is 13.1 Å². The number of esters is 1. The number of aliphatic hydroxyl groups is 1. The number of ether oxygens (including phenoxy) is 1. The van der Waals surface area contributed by atoms with E-state index in [4.69, 9.17) is 0 Å². The maximum absolute atomic E-state index is 11.7. The van der Waals surface area contributed by atoms with Crippen molar-refractivity contribution in [2.24, 2.45) is 5.92 Å². The van der Waals surface area contributed by atoms with Gasteiger partial charge in [-0.3, -0.25) is 4.79 Å². The van der Waals surface area contributed by atoms with Crippen molar-refractivity contribution in [3.63, 3.8) is 0 Å². The van der Waals surface area contributed by atoms with Crippen LogP contribution in [0.2, 0.25) is 0 Å². The van der Waals surface area contributed by atoms with Gasteiger partial charge in [0.15, 0.2) is 5.75 Å². The number of rotatable bonds is 6. The normalized spacial score (nSPS) is 28.1. The van der Waals surface area contributed by atoms with Crippen LogP contribution < -0.4 is 4.72 Å². The maximum Gasteiger partial charge on any atom is 0.322 e. The molecule has 1 aliphatic carbocycles. The highest BCUT2D eigenvalue weighted by molar-refractivity contribution is 7.90. The molecule has 19 heavy (non-hydrogen) atoms. The van der Waals surface area contributed by atoms with E-state index in [0.29, 0.717) is 18.8 Å². The second-order valence-corrected chi connectivity index (χ2v) is 7.12. The van der Waals surface area contributed by atoms with Crippen molar-refractivity contribution in [1.29, 1.82) is 0 Å². The Labute approximate surface area is 114 Å². The van der Waals surface area contributed by atoms with Gasteiger partial charge in [0.2, 0.25) is 10.0 Å². The van der Waals surface area contributed by atoms with Crippen molar-refractivity contribution < 1.29 is 23.1 Å². The standard InChI is InChI=1S/C12H23NO5S/c1-3-18-11(14)8-19(16,17)13-9-12(15)6-4-5-10(2)7-12/h10,13,15H,3-9H2,1-2H3. The number of hydrogen-bond acceptors (Lipinski definition) is 5. The van der Waals surface area contributed by atoms with Crippen LogP contribution in [-0.4, -0.2) is 44.0 Å². The Bertz CT molecular complexity index is 408. The SMILES string of the molecule is CCOC(=O)CS(=O)(=O)NCC1(O)CCCC(C)C1. The van der Waals surface area contributed by atoms with Gasteiger partial charge < -0.3 is 9.84 Å². The van der Waals surface area contributed by atoms with Crippen molar-refractivity contribution >= 4 is 16.0 Å². The lowest BCUT2D eigenvalue weighted by Crippen LogP contribution is -2.46. The minimum absolute atomic E-state index is 0.0426. The molecular weight excluding hydrogens is 270 g/mol. The molecule has 6 nitrogen and oxygen atoms in total. The molecule has 0 spiro atoms. The second kappa shape index (κ2) is 6.67. The van der Waals surface area contributed by atoms with E-state index in [-0.39, 0.29) is 13.2 Å². The van der Waals surface area contributed by atoms with Crippen molar-refractivity contribution in [2.75, 3.05) is 18.9 Å². The molecule has 7 heteroatoms. The van der Waals surface area contributed by atoms with Crippen LogP contribution in [0, 0.1) is 5.92 Å². The molecule has 1 aliphatic rings. The van der Waals surface area contributed by atoms with E-state index in [1.165, 1.54) is 0 Å². The van der Waals surface area contributed by atoms with Gasteiger partial charge in [-0.05, 0) is 25.7 Å². The van der Waals surface area contributed by atoms with Crippen LogP contribution in [0.5, 0.6) is 0 Å². The molecule has 0 aromatic rings. The minimum Gasteiger partial charge on any atom is -0.465 e. The number of sulfonamides is 1. The van der Waals surface area contributed by atoms with Gasteiger partial charge in [0.1, 0.15) is 0 Å². The first-order chi connectivity index (χ1) is 8.76. The molecule has 0 amide bonds. The van der Waals surface area contributed by atoms with E-state index in [9.17, 15) is 18.3 Å². The van der Waals surface area contributed by atoms with E-state index >= 15 is 0 Å². The van der Waals surface area contributed by atoms with Gasteiger partial charge in [-0.2, -0.15) is 0 Å². The topological polar surface area (TPSA) is 92.7 Å². The summed E-state index contributed by atoms with van der Waals surface area (Å²) in [6, 6.07) is 0. The van der Waals surface area contributed by atoms with Crippen molar-refractivity contribution in [2.45, 2.75) is 45.1 Å². The molecule has 0 saturated heterocycles. The zero-order chi connectivity index (χ0) is 14.5. The molecule has 0 aliphatic heterocycles. The van der Waals surface area contributed by atoms with Crippen LogP contribution >= 0.6 is 0 Å². The van der Waals surface area contributed by atoms with Crippen molar-refractivity contribution in [1.82, 2.24) is 4.72 Å². The van der Waals surface area contributed by atoms with Crippen LogP contribution in [-0.2, 0) is 19.6 Å². The van der Waals surface area contributed by atoms with Crippen LogP contribution in [0.3, 0.4) is 0 Å². The molecule has 0 heterocycles. The van der Waals surface area contributed by atoms with Crippen LogP contribution in [0.4, 0.5) is 0 Å². The predicted molar refractivity (Wildman–Crippen MR) is 71.0 cm³/mol. The van der Waals surface area contributed by atoms with E-state index in [1.807, 2.05) is 6.92 Å². The molecule has 1 rings (SSSR count). The zero-order valence-electron chi connectivity index (χ0n) is 11.5. The maximum atomic E-state index is 11.7. The molecule has 1 fully saturated rings. The molecular formula is C12H23NO5S. The van der Waals surface area contributed by atoms with Gasteiger partial charge in [-0.1, -0.05) is 19.8 Å². The number of carbonyl (C=O) groups excluding carboxylic acids is 1. The molecule has 0 radical (unpaired) electrons.